The van der Waals surface area contributed by atoms with Crippen molar-refractivity contribution in [1.82, 2.24) is 14.2 Å². The fourth-order valence-electron chi connectivity index (χ4n) is 5.62. The lowest BCUT2D eigenvalue weighted by molar-refractivity contribution is 0.102. The molecule has 2 aliphatic heterocycles. The first-order chi connectivity index (χ1) is 19.2. The minimum atomic E-state index is -3.57. The molecule has 0 radical (unpaired) electrons. The van der Waals surface area contributed by atoms with Gasteiger partial charge in [0.2, 0.25) is 10.0 Å². The molecule has 0 spiro atoms. The number of benzene rings is 2. The summed E-state index contributed by atoms with van der Waals surface area (Å²) in [5.74, 6) is 0.0969. The number of sulfonamides is 1. The van der Waals surface area contributed by atoms with Crippen LogP contribution in [0.4, 0.5) is 5.00 Å². The van der Waals surface area contributed by atoms with Crippen LogP contribution in [0.2, 0.25) is 0 Å². The van der Waals surface area contributed by atoms with Gasteiger partial charge in [0, 0.05) is 48.2 Å². The molecule has 2 aromatic heterocycles. The molecule has 7 nitrogen and oxygen atoms in total. The van der Waals surface area contributed by atoms with Crippen molar-refractivity contribution in [3.8, 4) is 10.6 Å². The zero-order valence-electron chi connectivity index (χ0n) is 23.0. The van der Waals surface area contributed by atoms with Gasteiger partial charge in [-0.25, -0.2) is 13.4 Å². The number of hydrogen-bond acceptors (Lipinski definition) is 7. The minimum Gasteiger partial charge on any atom is -0.313 e. The number of nitrogens with one attached hydrogen (secondary N) is 1. The molecule has 0 saturated carbocycles. The van der Waals surface area contributed by atoms with E-state index in [1.54, 1.807) is 51.2 Å². The van der Waals surface area contributed by atoms with Gasteiger partial charge in [-0.1, -0.05) is 19.1 Å². The molecule has 0 aliphatic carbocycles. The molecule has 1 saturated heterocycles. The van der Waals surface area contributed by atoms with E-state index in [-0.39, 0.29) is 10.8 Å². The van der Waals surface area contributed by atoms with E-state index in [0.29, 0.717) is 30.6 Å². The number of aromatic nitrogens is 1. The van der Waals surface area contributed by atoms with E-state index in [2.05, 4.69) is 37.1 Å². The average Bonchev–Trinajstić information content (AvgIpc) is 3.53. The molecule has 4 heterocycles. The monoisotopic (exact) mass is 594 g/mol. The molecule has 4 aromatic rings. The van der Waals surface area contributed by atoms with Gasteiger partial charge in [0.15, 0.2) is 0 Å². The predicted octanol–water partition coefficient (Wildman–Crippen LogP) is 6.46. The molecule has 1 atom stereocenters. The van der Waals surface area contributed by atoms with Crippen molar-refractivity contribution < 1.29 is 13.2 Å². The number of thiophene rings is 1. The Hall–Kier alpha value is -2.63. The molecular formula is C30H34N4O3S3. The molecular weight excluding hydrogens is 561 g/mol. The van der Waals surface area contributed by atoms with Crippen LogP contribution >= 0.6 is 22.7 Å². The number of nitrogens with zero attached hydrogens (tertiary/aromatic N) is 3. The van der Waals surface area contributed by atoms with Crippen LogP contribution in [-0.2, 0) is 23.0 Å². The molecule has 2 aliphatic rings. The van der Waals surface area contributed by atoms with Gasteiger partial charge in [-0.2, -0.15) is 4.31 Å². The highest BCUT2D eigenvalue weighted by Gasteiger charge is 2.30. The third kappa shape index (κ3) is 5.23. The van der Waals surface area contributed by atoms with E-state index in [1.807, 2.05) is 18.2 Å². The molecule has 0 bridgehead atoms. The SMILES string of the molecule is CC(C)N1CCc2c(sc(NC(=O)c3ccc(S(=O)(=O)N4CCC[C@H](C)C4)cc3)c2-c2nc3ccccc3s2)C1. The minimum absolute atomic E-state index is 0.230. The first-order valence-corrected chi connectivity index (χ1v) is 16.9. The van der Waals surface area contributed by atoms with Crippen LogP contribution in [-0.4, -0.2) is 54.2 Å². The van der Waals surface area contributed by atoms with Crippen LogP contribution in [0.25, 0.3) is 20.8 Å². The van der Waals surface area contributed by atoms with Crippen molar-refractivity contribution in [2.24, 2.45) is 5.92 Å². The number of carbonyl (C=O) groups excluding carboxylic acids is 1. The van der Waals surface area contributed by atoms with E-state index >= 15 is 0 Å². The van der Waals surface area contributed by atoms with Gasteiger partial charge in [0.25, 0.3) is 5.91 Å². The summed E-state index contributed by atoms with van der Waals surface area (Å²) in [4.78, 5) is 22.4. The molecule has 40 heavy (non-hydrogen) atoms. The van der Waals surface area contributed by atoms with E-state index < -0.39 is 10.0 Å². The van der Waals surface area contributed by atoms with E-state index in [4.69, 9.17) is 4.98 Å². The Morgan fingerprint density at radius 1 is 1.07 bits per heavy atom. The Labute approximate surface area is 243 Å². The molecule has 1 N–H and O–H groups in total. The molecule has 10 heteroatoms. The van der Waals surface area contributed by atoms with Crippen molar-refractivity contribution in [2.45, 2.75) is 57.5 Å². The highest BCUT2D eigenvalue weighted by atomic mass is 32.2. The summed E-state index contributed by atoms with van der Waals surface area (Å²) in [7, 11) is -3.57. The maximum absolute atomic E-state index is 13.5. The van der Waals surface area contributed by atoms with Crippen LogP contribution in [0.1, 0.15) is 54.4 Å². The molecule has 2 aromatic carbocycles. The summed E-state index contributed by atoms with van der Waals surface area (Å²) >= 11 is 3.28. The maximum Gasteiger partial charge on any atom is 0.256 e. The van der Waals surface area contributed by atoms with Gasteiger partial charge >= 0.3 is 0 Å². The topological polar surface area (TPSA) is 82.6 Å². The quantitative estimate of drug-likeness (QED) is 0.277. The zero-order chi connectivity index (χ0) is 28.0. The molecule has 1 fully saturated rings. The van der Waals surface area contributed by atoms with Crippen LogP contribution < -0.4 is 5.32 Å². The van der Waals surface area contributed by atoms with Gasteiger partial charge in [-0.05, 0) is 81.0 Å². The lowest BCUT2D eigenvalue weighted by Crippen LogP contribution is -2.39. The Balaban J connectivity index is 1.30. The normalized spacial score (nSPS) is 18.8. The Morgan fingerprint density at radius 2 is 1.85 bits per heavy atom. The van der Waals surface area contributed by atoms with Gasteiger partial charge in [0.1, 0.15) is 10.0 Å². The zero-order valence-corrected chi connectivity index (χ0v) is 25.5. The summed E-state index contributed by atoms with van der Waals surface area (Å²) in [6, 6.07) is 14.9. The highest BCUT2D eigenvalue weighted by Crippen LogP contribution is 2.46. The lowest BCUT2D eigenvalue weighted by atomic mass is 10.0. The second-order valence-electron chi connectivity index (χ2n) is 11.1. The fraction of sp³-hybridized carbons (Fsp3) is 0.400. The number of para-hydroxylation sites is 1. The lowest BCUT2D eigenvalue weighted by Gasteiger charge is -2.30. The number of amides is 1. The third-order valence-corrected chi connectivity index (χ3v) is 12.0. The standard InChI is InChI=1S/C30H34N4O3S3/c1-19(2)33-16-14-23-26(18-33)39-30(27(23)29-31-24-8-4-5-9-25(24)38-29)32-28(35)21-10-12-22(13-11-21)40(36,37)34-15-6-7-20(3)17-34/h4-5,8-13,19-20H,6-7,14-18H2,1-3H3,(H,32,35)/t20-/m0/s1. The van der Waals surface area contributed by atoms with Gasteiger partial charge in [-0.15, -0.1) is 22.7 Å². The van der Waals surface area contributed by atoms with Crippen molar-refractivity contribution in [1.29, 1.82) is 0 Å². The molecule has 210 valence electrons. The number of thiazole rings is 1. The maximum atomic E-state index is 13.5. The Kier molecular flexibility index (Phi) is 7.56. The van der Waals surface area contributed by atoms with E-state index in [9.17, 15) is 13.2 Å². The van der Waals surface area contributed by atoms with Gasteiger partial charge < -0.3 is 5.32 Å². The second kappa shape index (κ2) is 11.0. The number of piperidine rings is 1. The predicted molar refractivity (Wildman–Crippen MR) is 164 cm³/mol. The summed E-state index contributed by atoms with van der Waals surface area (Å²) in [5.41, 5.74) is 3.68. The van der Waals surface area contributed by atoms with E-state index in [0.717, 1.165) is 58.1 Å². The van der Waals surface area contributed by atoms with Crippen molar-refractivity contribution in [3.63, 3.8) is 0 Å². The first kappa shape index (κ1) is 27.5. The second-order valence-corrected chi connectivity index (χ2v) is 15.2. The van der Waals surface area contributed by atoms with Crippen molar-refractivity contribution >= 4 is 53.8 Å². The van der Waals surface area contributed by atoms with Crippen molar-refractivity contribution in [2.75, 3.05) is 25.0 Å². The number of hydrogen-bond donors (Lipinski definition) is 1. The Bertz CT molecular complexity index is 1620. The number of anilines is 1. The number of carbonyl (C=O) groups is 1. The summed E-state index contributed by atoms with van der Waals surface area (Å²) in [5, 5.41) is 4.89. The molecule has 1 amide bonds. The van der Waals surface area contributed by atoms with Gasteiger partial charge in [-0.3, -0.25) is 9.69 Å². The average molecular weight is 595 g/mol. The summed E-state index contributed by atoms with van der Waals surface area (Å²) in [6.45, 7) is 9.42. The number of rotatable bonds is 6. The Morgan fingerprint density at radius 3 is 2.58 bits per heavy atom. The summed E-state index contributed by atoms with van der Waals surface area (Å²) in [6.07, 6.45) is 2.83. The van der Waals surface area contributed by atoms with Crippen molar-refractivity contribution in [3.05, 3.63) is 64.5 Å². The van der Waals surface area contributed by atoms with Crippen LogP contribution in [0.5, 0.6) is 0 Å². The highest BCUT2D eigenvalue weighted by molar-refractivity contribution is 7.89. The molecule has 0 unspecified atom stereocenters. The van der Waals surface area contributed by atoms with Crippen LogP contribution in [0.15, 0.2) is 53.4 Å². The fourth-order valence-corrected chi connectivity index (χ4v) is 9.60. The third-order valence-electron chi connectivity index (χ3n) is 7.93. The smallest absolute Gasteiger partial charge is 0.256 e. The van der Waals surface area contributed by atoms with E-state index in [1.165, 1.54) is 10.4 Å². The largest absolute Gasteiger partial charge is 0.313 e. The van der Waals surface area contributed by atoms with Gasteiger partial charge in [0.05, 0.1) is 15.1 Å². The van der Waals surface area contributed by atoms with Crippen LogP contribution in [0, 0.1) is 5.92 Å². The molecule has 6 rings (SSSR count). The van der Waals surface area contributed by atoms with Crippen LogP contribution in [0.3, 0.4) is 0 Å². The summed E-state index contributed by atoms with van der Waals surface area (Å²) < 4.78 is 29.1. The first-order valence-electron chi connectivity index (χ1n) is 13.9. The number of fused-ring (bicyclic) bond motifs is 2.